The van der Waals surface area contributed by atoms with E-state index in [-0.39, 0.29) is 0 Å². The molecule has 0 N–H and O–H groups in total. The van der Waals surface area contributed by atoms with Crippen LogP contribution in [0.25, 0.3) is 0 Å². The smallest absolute Gasteiger partial charge is 0.0843 e. The van der Waals surface area contributed by atoms with Crippen molar-refractivity contribution >= 4 is 65.8 Å². The maximum Gasteiger partial charge on any atom is 0.0843 e. The molecule has 1 aromatic rings. The number of halogens is 3. The van der Waals surface area contributed by atoms with Crippen LogP contribution >= 0.6 is 65.8 Å². The minimum Gasteiger partial charge on any atom is -0.120 e. The summed E-state index contributed by atoms with van der Waals surface area (Å²) in [6.45, 7) is 0. The summed E-state index contributed by atoms with van der Waals surface area (Å²) in [5, 5.41) is 0. The van der Waals surface area contributed by atoms with E-state index in [1.165, 1.54) is 11.1 Å². The molecule has 0 bridgehead atoms. The molecule has 0 aliphatic rings. The van der Waals surface area contributed by atoms with Crippen molar-refractivity contribution in [2.45, 2.75) is 0 Å². The molecule has 0 aliphatic heterocycles. The zero-order valence-electron chi connectivity index (χ0n) is 3.62. The van der Waals surface area contributed by atoms with Gasteiger partial charge in [-0.25, -0.2) is 0 Å². The van der Waals surface area contributed by atoms with Crippen LogP contribution < -0.4 is 0 Å². The molecule has 0 amide bonds. The van der Waals surface area contributed by atoms with Crippen LogP contribution in [0.3, 0.4) is 0 Å². The Bertz CT molecular complexity index is 176. The quantitative estimate of drug-likeness (QED) is 0.610. The summed E-state index contributed by atoms with van der Waals surface area (Å²) in [5.41, 5.74) is 0. The van der Waals surface area contributed by atoms with E-state index in [4.69, 9.17) is 0 Å². The van der Waals surface area contributed by atoms with Crippen molar-refractivity contribution in [1.29, 1.82) is 0 Å². The van der Waals surface area contributed by atoms with Crippen molar-refractivity contribution in [3.8, 4) is 0 Å². The average molecular weight is 368 g/mol. The highest BCUT2D eigenvalue weighted by atomic mass is 127. The Kier molecular flexibility index (Phi) is 2.80. The highest BCUT2D eigenvalue weighted by Gasteiger charge is 1.98. The lowest BCUT2D eigenvalue weighted by atomic mass is 10.7. The first-order valence-corrected chi connectivity index (χ1v) is 5.28. The van der Waals surface area contributed by atoms with Crippen molar-refractivity contribution in [3.05, 3.63) is 17.2 Å². The van der Waals surface area contributed by atoms with Gasteiger partial charge in [-0.05, 0) is 60.5 Å². The number of hydrogen-bond donors (Lipinski definition) is 0. The third-order valence-electron chi connectivity index (χ3n) is 0.615. The zero-order chi connectivity index (χ0) is 6.15. The van der Waals surface area contributed by atoms with Crippen LogP contribution in [0.5, 0.6) is 0 Å². The molecule has 8 heavy (non-hydrogen) atoms. The van der Waals surface area contributed by atoms with Gasteiger partial charge >= 0.3 is 0 Å². The van der Waals surface area contributed by atoms with Crippen molar-refractivity contribution in [3.63, 3.8) is 0 Å². The second kappa shape index (κ2) is 2.98. The van der Waals surface area contributed by atoms with Crippen LogP contribution in [-0.4, -0.2) is 0 Å². The maximum atomic E-state index is 3.40. The highest BCUT2D eigenvalue weighted by molar-refractivity contribution is 14.1. The lowest BCUT2D eigenvalue weighted by Crippen LogP contribution is -1.52. The molecule has 1 heterocycles. The van der Waals surface area contributed by atoms with E-state index in [1.54, 1.807) is 11.3 Å². The van der Waals surface area contributed by atoms with E-state index in [1.807, 2.05) is 0 Å². The molecule has 0 aromatic carbocycles. The molecule has 0 saturated heterocycles. The van der Waals surface area contributed by atoms with Crippen LogP contribution in [0.2, 0.25) is 0 Å². The maximum absolute atomic E-state index is 3.40. The summed E-state index contributed by atoms with van der Waals surface area (Å²) in [6.07, 6.45) is 0. The number of thiophene rings is 1. The molecule has 0 spiro atoms. The molecular weight excluding hydrogens is 367 g/mol. The zero-order valence-corrected chi connectivity index (χ0v) is 9.77. The largest absolute Gasteiger partial charge is 0.120 e. The predicted molar refractivity (Wildman–Crippen MR) is 52.4 cm³/mol. The summed E-state index contributed by atoms with van der Waals surface area (Å²) < 4.78 is 3.64. The Hall–Kier alpha value is 1.39. The molecule has 1 aromatic heterocycles. The average Bonchev–Trinajstić information content (AvgIpc) is 1.85. The Morgan fingerprint density at radius 3 is 2.25 bits per heavy atom. The van der Waals surface area contributed by atoms with E-state index in [2.05, 4.69) is 60.5 Å². The molecule has 0 radical (unpaired) electrons. The first-order valence-electron chi connectivity index (χ1n) is 1.80. The molecule has 0 aliphatic carbocycles. The van der Waals surface area contributed by atoms with Gasteiger partial charge in [-0.3, -0.25) is 0 Å². The molecular formula is C4HBr2IS. The Morgan fingerprint density at radius 2 is 2.12 bits per heavy atom. The fourth-order valence-corrected chi connectivity index (χ4v) is 4.11. The monoisotopic (exact) mass is 366 g/mol. The summed E-state index contributed by atoms with van der Waals surface area (Å²) >= 11 is 10.7. The minimum absolute atomic E-state index is 1.17. The van der Waals surface area contributed by atoms with Gasteiger partial charge in [0.25, 0.3) is 0 Å². The van der Waals surface area contributed by atoms with Crippen LogP contribution in [0, 0.1) is 3.57 Å². The molecule has 0 fully saturated rings. The summed E-state index contributed by atoms with van der Waals surface area (Å²) in [7, 11) is 0. The molecule has 44 valence electrons. The van der Waals surface area contributed by atoms with Gasteiger partial charge in [0, 0.05) is 3.57 Å². The molecule has 1 rings (SSSR count). The van der Waals surface area contributed by atoms with Gasteiger partial charge in [0.05, 0.1) is 7.57 Å². The number of hydrogen-bond acceptors (Lipinski definition) is 1. The van der Waals surface area contributed by atoms with Crippen molar-refractivity contribution in [1.82, 2.24) is 0 Å². The van der Waals surface area contributed by atoms with Gasteiger partial charge < -0.3 is 0 Å². The van der Waals surface area contributed by atoms with Gasteiger partial charge in [0.1, 0.15) is 0 Å². The van der Waals surface area contributed by atoms with Crippen molar-refractivity contribution < 1.29 is 0 Å². The van der Waals surface area contributed by atoms with E-state index in [0.717, 1.165) is 0 Å². The highest BCUT2D eigenvalue weighted by Crippen LogP contribution is 2.32. The van der Waals surface area contributed by atoms with Crippen molar-refractivity contribution in [2.75, 3.05) is 0 Å². The minimum atomic E-state index is 1.17. The normalized spacial score (nSPS) is 9.88. The van der Waals surface area contributed by atoms with Gasteiger partial charge in [-0.1, -0.05) is 0 Å². The molecule has 0 saturated carbocycles. The molecule has 4 heteroatoms. The fourth-order valence-electron chi connectivity index (χ4n) is 0.320. The van der Waals surface area contributed by atoms with E-state index < -0.39 is 0 Å². The SMILES string of the molecule is Brc1cc(I)c(Br)s1. The van der Waals surface area contributed by atoms with Crippen LogP contribution in [-0.2, 0) is 0 Å². The first-order chi connectivity index (χ1) is 3.70. The Balaban J connectivity index is 3.14. The summed E-state index contributed by atoms with van der Waals surface area (Å²) in [5.74, 6) is 0. The Labute approximate surface area is 82.1 Å². The van der Waals surface area contributed by atoms with Gasteiger partial charge in [-0.2, -0.15) is 0 Å². The van der Waals surface area contributed by atoms with Crippen LogP contribution in [0.1, 0.15) is 0 Å². The van der Waals surface area contributed by atoms with E-state index in [0.29, 0.717) is 0 Å². The lowest BCUT2D eigenvalue weighted by Gasteiger charge is -1.74. The van der Waals surface area contributed by atoms with Gasteiger partial charge in [-0.15, -0.1) is 11.3 Å². The second-order valence-electron chi connectivity index (χ2n) is 1.17. The topological polar surface area (TPSA) is 0 Å². The summed E-state index contributed by atoms with van der Waals surface area (Å²) in [4.78, 5) is 0. The fraction of sp³-hybridized carbons (Fsp3) is 0. The third kappa shape index (κ3) is 1.68. The van der Waals surface area contributed by atoms with E-state index in [9.17, 15) is 0 Å². The van der Waals surface area contributed by atoms with Crippen LogP contribution in [0.4, 0.5) is 0 Å². The second-order valence-corrected chi connectivity index (χ2v) is 6.08. The van der Waals surface area contributed by atoms with E-state index >= 15 is 0 Å². The van der Waals surface area contributed by atoms with Gasteiger partial charge in [0.15, 0.2) is 0 Å². The lowest BCUT2D eigenvalue weighted by molar-refractivity contribution is 1.81. The first kappa shape index (κ1) is 7.50. The van der Waals surface area contributed by atoms with Gasteiger partial charge in [0.2, 0.25) is 0 Å². The third-order valence-corrected chi connectivity index (χ3v) is 4.91. The predicted octanol–water partition coefficient (Wildman–Crippen LogP) is 3.88. The standard InChI is InChI=1S/C4HBr2IS/c5-3-1-2(7)4(6)8-3/h1H. The van der Waals surface area contributed by atoms with Crippen LogP contribution in [0.15, 0.2) is 13.6 Å². The summed E-state index contributed by atoms with van der Waals surface area (Å²) in [6, 6.07) is 2.08. The number of rotatable bonds is 0. The Morgan fingerprint density at radius 1 is 1.50 bits per heavy atom. The van der Waals surface area contributed by atoms with Crippen molar-refractivity contribution in [2.24, 2.45) is 0 Å². The molecule has 0 nitrogen and oxygen atoms in total. The molecule has 0 unspecified atom stereocenters. The molecule has 0 atom stereocenters.